The molecule has 0 unspecified atom stereocenters. The third kappa shape index (κ3) is 9.15. The van der Waals surface area contributed by atoms with Gasteiger partial charge in [0.1, 0.15) is 11.4 Å². The van der Waals surface area contributed by atoms with Crippen molar-refractivity contribution in [2.24, 2.45) is 10.2 Å². The molecule has 0 fully saturated rings. The molecule has 0 saturated heterocycles. The van der Waals surface area contributed by atoms with Gasteiger partial charge < -0.3 is 19.8 Å². The van der Waals surface area contributed by atoms with Gasteiger partial charge in [0.2, 0.25) is 0 Å². The average Bonchev–Trinajstić information content (AvgIpc) is 2.82. The van der Waals surface area contributed by atoms with Crippen LogP contribution in [0.4, 0.5) is 22.7 Å². The van der Waals surface area contributed by atoms with Gasteiger partial charge in [-0.2, -0.15) is 5.11 Å². The second-order valence-corrected chi connectivity index (χ2v) is 7.68. The summed E-state index contributed by atoms with van der Waals surface area (Å²) in [6, 6.07) is 11.3. The maximum Gasteiger partial charge on any atom is 0.269 e. The van der Waals surface area contributed by atoms with Crippen molar-refractivity contribution in [1.29, 1.82) is 0 Å². The Kier molecular flexibility index (Phi) is 11.8. The number of anilines is 1. The van der Waals surface area contributed by atoms with Crippen LogP contribution in [-0.2, 0) is 0 Å². The minimum atomic E-state index is -0.460. The van der Waals surface area contributed by atoms with E-state index in [-0.39, 0.29) is 18.9 Å². The van der Waals surface area contributed by atoms with Crippen molar-refractivity contribution in [3.63, 3.8) is 0 Å². The van der Waals surface area contributed by atoms with Crippen LogP contribution in [0.2, 0.25) is 0 Å². The first-order valence-corrected chi connectivity index (χ1v) is 11.5. The highest BCUT2D eigenvalue weighted by Gasteiger charge is 2.11. The molecule has 0 amide bonds. The van der Waals surface area contributed by atoms with Gasteiger partial charge in [0.15, 0.2) is 0 Å². The lowest BCUT2D eigenvalue weighted by Gasteiger charge is -2.23. The highest BCUT2D eigenvalue weighted by Crippen LogP contribution is 2.34. The third-order valence-electron chi connectivity index (χ3n) is 5.14. The minimum absolute atomic E-state index is 0.00544. The highest BCUT2D eigenvalue weighted by atomic mass is 16.6. The zero-order valence-corrected chi connectivity index (χ0v) is 19.2. The number of nitro benzene ring substituents is 1. The van der Waals surface area contributed by atoms with E-state index < -0.39 is 4.92 Å². The Morgan fingerprint density at radius 2 is 1.61 bits per heavy atom. The van der Waals surface area contributed by atoms with E-state index in [1.165, 1.54) is 49.9 Å². The molecular weight excluding hydrogens is 424 g/mol. The Hall–Kier alpha value is -3.04. The first-order valence-electron chi connectivity index (χ1n) is 11.5. The normalized spacial score (nSPS) is 11.1. The maximum absolute atomic E-state index is 10.8. The van der Waals surface area contributed by atoms with Crippen LogP contribution in [0, 0.1) is 10.1 Å². The molecule has 0 spiro atoms. The van der Waals surface area contributed by atoms with Crippen LogP contribution in [0.1, 0.15) is 45.4 Å². The van der Waals surface area contributed by atoms with Gasteiger partial charge in [-0.25, -0.2) is 0 Å². The zero-order valence-electron chi connectivity index (χ0n) is 19.2. The summed E-state index contributed by atoms with van der Waals surface area (Å²) >= 11 is 0. The molecule has 0 aliphatic carbocycles. The first-order chi connectivity index (χ1) is 16.1. The topological polar surface area (TPSA) is 121 Å². The maximum atomic E-state index is 10.8. The number of nitro groups is 1. The monoisotopic (exact) mass is 458 g/mol. The Morgan fingerprint density at radius 1 is 0.939 bits per heavy atom. The number of aliphatic hydroxyl groups excluding tert-OH is 2. The van der Waals surface area contributed by atoms with Gasteiger partial charge in [-0.1, -0.05) is 39.0 Å². The van der Waals surface area contributed by atoms with Crippen molar-refractivity contribution in [1.82, 2.24) is 0 Å². The molecule has 33 heavy (non-hydrogen) atoms. The van der Waals surface area contributed by atoms with Crippen LogP contribution >= 0.6 is 0 Å². The second-order valence-electron chi connectivity index (χ2n) is 7.68. The number of aliphatic hydroxyl groups is 2. The largest absolute Gasteiger partial charge is 0.491 e. The molecule has 0 aromatic heterocycles. The number of non-ortho nitro benzene ring substituents is 1. The Balaban J connectivity index is 2.15. The van der Waals surface area contributed by atoms with Crippen molar-refractivity contribution >= 4 is 22.7 Å². The summed E-state index contributed by atoms with van der Waals surface area (Å²) in [6.07, 6.45) is 6.92. The van der Waals surface area contributed by atoms with E-state index in [1.54, 1.807) is 6.07 Å². The molecule has 0 heterocycles. The molecule has 2 rings (SSSR count). The average molecular weight is 459 g/mol. The number of hydrogen-bond acceptors (Lipinski definition) is 8. The van der Waals surface area contributed by atoms with Crippen molar-refractivity contribution in [2.75, 3.05) is 37.8 Å². The van der Waals surface area contributed by atoms with Crippen LogP contribution < -0.4 is 9.64 Å². The van der Waals surface area contributed by atoms with Gasteiger partial charge in [0, 0.05) is 37.0 Å². The Bertz CT molecular complexity index is 868. The fraction of sp³-hybridized carbons (Fsp3) is 0.500. The summed E-state index contributed by atoms with van der Waals surface area (Å²) in [5.41, 5.74) is 1.84. The first kappa shape index (κ1) is 26.2. The van der Waals surface area contributed by atoms with Crippen molar-refractivity contribution in [2.45, 2.75) is 45.4 Å². The molecule has 9 heteroatoms. The summed E-state index contributed by atoms with van der Waals surface area (Å²) in [5, 5.41) is 38.0. The van der Waals surface area contributed by atoms with Crippen LogP contribution in [0.25, 0.3) is 0 Å². The Morgan fingerprint density at radius 3 is 2.24 bits per heavy atom. The molecule has 9 nitrogen and oxygen atoms in total. The molecular formula is C24H34N4O5. The number of rotatable bonds is 16. The lowest BCUT2D eigenvalue weighted by atomic mass is 10.1. The minimum Gasteiger partial charge on any atom is -0.491 e. The molecule has 0 atom stereocenters. The van der Waals surface area contributed by atoms with Crippen LogP contribution in [0.15, 0.2) is 52.7 Å². The Labute approximate surface area is 194 Å². The van der Waals surface area contributed by atoms with Gasteiger partial charge in [-0.3, -0.25) is 10.1 Å². The van der Waals surface area contributed by atoms with Crippen LogP contribution in [-0.4, -0.2) is 48.0 Å². The van der Waals surface area contributed by atoms with Gasteiger partial charge in [-0.05, 0) is 30.7 Å². The quantitative estimate of drug-likeness (QED) is 0.147. The summed E-state index contributed by atoms with van der Waals surface area (Å²) in [4.78, 5) is 12.2. The lowest BCUT2D eigenvalue weighted by molar-refractivity contribution is -0.384. The van der Waals surface area contributed by atoms with Gasteiger partial charge in [-0.15, -0.1) is 5.11 Å². The van der Waals surface area contributed by atoms with Crippen molar-refractivity contribution in [3.8, 4) is 5.75 Å². The molecule has 0 saturated carbocycles. The summed E-state index contributed by atoms with van der Waals surface area (Å²) in [7, 11) is 0. The fourth-order valence-corrected chi connectivity index (χ4v) is 3.33. The molecule has 180 valence electrons. The number of azo groups is 1. The molecule has 0 aliphatic rings. The van der Waals surface area contributed by atoms with Crippen LogP contribution in [0.5, 0.6) is 5.75 Å². The third-order valence-corrected chi connectivity index (χ3v) is 5.14. The number of unbranched alkanes of at least 4 members (excludes halogenated alkanes) is 5. The molecule has 2 aromatic carbocycles. The smallest absolute Gasteiger partial charge is 0.269 e. The van der Waals surface area contributed by atoms with Gasteiger partial charge in [0.25, 0.3) is 5.69 Å². The molecule has 0 aliphatic heterocycles. The highest BCUT2D eigenvalue weighted by molar-refractivity contribution is 5.62. The predicted molar refractivity (Wildman–Crippen MR) is 129 cm³/mol. The molecule has 2 aromatic rings. The SMILES string of the molecule is CCCCCCCCOc1cc(N(CCO)CCO)ccc1N=Nc1ccc([N+](=O)[O-])cc1. The van der Waals surface area contributed by atoms with E-state index in [9.17, 15) is 20.3 Å². The molecule has 0 radical (unpaired) electrons. The van der Waals surface area contributed by atoms with E-state index in [0.717, 1.165) is 18.5 Å². The lowest BCUT2D eigenvalue weighted by Crippen LogP contribution is -2.29. The summed E-state index contributed by atoms with van der Waals surface area (Å²) in [5.74, 6) is 0.563. The summed E-state index contributed by atoms with van der Waals surface area (Å²) < 4.78 is 6.04. The van der Waals surface area contributed by atoms with Gasteiger partial charge >= 0.3 is 0 Å². The zero-order chi connectivity index (χ0) is 23.9. The van der Waals surface area contributed by atoms with Gasteiger partial charge in [0.05, 0.1) is 30.4 Å². The fourth-order valence-electron chi connectivity index (χ4n) is 3.33. The van der Waals surface area contributed by atoms with Crippen LogP contribution in [0.3, 0.4) is 0 Å². The standard InChI is InChI=1S/C24H34N4O5/c1-2-3-4-5-6-7-18-33-24-19-22(27(14-16-29)15-17-30)12-13-23(24)26-25-20-8-10-21(11-9-20)28(31)32/h8-13,19,29-30H,2-7,14-18H2,1H3. The van der Waals surface area contributed by atoms with E-state index in [2.05, 4.69) is 17.2 Å². The molecule has 0 bridgehead atoms. The van der Waals surface area contributed by atoms with E-state index >= 15 is 0 Å². The second kappa shape index (κ2) is 14.9. The summed E-state index contributed by atoms with van der Waals surface area (Å²) in [6.45, 7) is 3.46. The number of nitrogens with zero attached hydrogens (tertiary/aromatic N) is 4. The van der Waals surface area contributed by atoms with E-state index in [1.807, 2.05) is 17.0 Å². The van der Waals surface area contributed by atoms with Crippen molar-refractivity contribution < 1.29 is 19.9 Å². The number of benzene rings is 2. The van der Waals surface area contributed by atoms with E-state index in [4.69, 9.17) is 4.74 Å². The predicted octanol–water partition coefficient (Wildman–Crippen LogP) is 5.54. The number of ether oxygens (including phenoxy) is 1. The molecule has 2 N–H and O–H groups in total. The van der Waals surface area contributed by atoms with E-state index in [0.29, 0.717) is 36.8 Å². The number of hydrogen-bond donors (Lipinski definition) is 2. The van der Waals surface area contributed by atoms with Crippen molar-refractivity contribution in [3.05, 3.63) is 52.6 Å².